The highest BCUT2D eigenvalue weighted by Gasteiger charge is 2.23. The SMILES string of the molecule is Cc1ccc(C)c(-c2ccc3cc(NC(=O)C4CCN(C)CC4)ncc3c2)c1. The highest BCUT2D eigenvalue weighted by molar-refractivity contribution is 5.95. The largest absolute Gasteiger partial charge is 0.310 e. The molecule has 4 nitrogen and oxygen atoms in total. The zero-order valence-corrected chi connectivity index (χ0v) is 16.8. The van der Waals surface area contributed by atoms with E-state index < -0.39 is 0 Å². The van der Waals surface area contributed by atoms with Crippen LogP contribution in [-0.2, 0) is 4.79 Å². The van der Waals surface area contributed by atoms with Crippen LogP contribution in [0.4, 0.5) is 5.82 Å². The Kier molecular flexibility index (Phi) is 5.14. The van der Waals surface area contributed by atoms with Crippen LogP contribution < -0.4 is 5.32 Å². The first-order valence-electron chi connectivity index (χ1n) is 9.96. The number of aromatic nitrogens is 1. The number of benzene rings is 2. The molecule has 1 fully saturated rings. The molecular weight excluding hydrogens is 346 g/mol. The Bertz CT molecular complexity index is 1020. The minimum absolute atomic E-state index is 0.0837. The average molecular weight is 374 g/mol. The van der Waals surface area contributed by atoms with E-state index in [1.807, 2.05) is 12.3 Å². The van der Waals surface area contributed by atoms with Crippen LogP contribution in [0.1, 0.15) is 24.0 Å². The lowest BCUT2D eigenvalue weighted by molar-refractivity contribution is -0.121. The van der Waals surface area contributed by atoms with Crippen molar-refractivity contribution in [3.05, 3.63) is 59.8 Å². The molecule has 4 rings (SSSR count). The summed E-state index contributed by atoms with van der Waals surface area (Å²) in [5, 5.41) is 5.18. The predicted molar refractivity (Wildman–Crippen MR) is 116 cm³/mol. The summed E-state index contributed by atoms with van der Waals surface area (Å²) in [4.78, 5) is 19.3. The fourth-order valence-electron chi connectivity index (χ4n) is 3.92. The molecule has 2 heterocycles. The molecule has 144 valence electrons. The van der Waals surface area contributed by atoms with Gasteiger partial charge >= 0.3 is 0 Å². The van der Waals surface area contributed by atoms with Gasteiger partial charge in [0.2, 0.25) is 5.91 Å². The third kappa shape index (κ3) is 3.92. The molecule has 1 aliphatic rings. The van der Waals surface area contributed by atoms with E-state index in [1.54, 1.807) is 0 Å². The Labute approximate surface area is 166 Å². The fraction of sp³-hybridized carbons (Fsp3) is 0.333. The first-order chi connectivity index (χ1) is 13.5. The van der Waals surface area contributed by atoms with Crippen LogP contribution in [0.15, 0.2) is 48.7 Å². The Morgan fingerprint density at radius 2 is 1.82 bits per heavy atom. The smallest absolute Gasteiger partial charge is 0.228 e. The van der Waals surface area contributed by atoms with Crippen molar-refractivity contribution in [2.24, 2.45) is 5.92 Å². The minimum Gasteiger partial charge on any atom is -0.310 e. The van der Waals surface area contributed by atoms with Gasteiger partial charge in [-0.1, -0.05) is 35.9 Å². The second-order valence-electron chi connectivity index (χ2n) is 8.02. The highest BCUT2D eigenvalue weighted by Crippen LogP contribution is 2.28. The molecule has 4 heteroatoms. The number of hydrogen-bond donors (Lipinski definition) is 1. The van der Waals surface area contributed by atoms with Gasteiger partial charge in [0.05, 0.1) is 0 Å². The number of carbonyl (C=O) groups is 1. The molecule has 2 aromatic carbocycles. The molecule has 0 saturated carbocycles. The summed E-state index contributed by atoms with van der Waals surface area (Å²) in [5.74, 6) is 0.809. The molecule has 0 bridgehead atoms. The molecule has 1 saturated heterocycles. The first kappa shape index (κ1) is 18.6. The molecule has 0 spiro atoms. The van der Waals surface area contributed by atoms with Crippen molar-refractivity contribution < 1.29 is 4.79 Å². The third-order valence-corrected chi connectivity index (χ3v) is 5.77. The number of rotatable bonds is 3. The van der Waals surface area contributed by atoms with Crippen LogP contribution in [0.25, 0.3) is 21.9 Å². The van der Waals surface area contributed by atoms with Gasteiger partial charge in [-0.05, 0) is 81.0 Å². The molecule has 28 heavy (non-hydrogen) atoms. The average Bonchev–Trinajstić information content (AvgIpc) is 2.70. The summed E-state index contributed by atoms with van der Waals surface area (Å²) < 4.78 is 0. The van der Waals surface area contributed by atoms with E-state index in [1.165, 1.54) is 22.3 Å². The van der Waals surface area contributed by atoms with Crippen molar-refractivity contribution in [1.29, 1.82) is 0 Å². The maximum Gasteiger partial charge on any atom is 0.228 e. The normalized spacial score (nSPS) is 15.7. The number of hydrogen-bond acceptors (Lipinski definition) is 3. The van der Waals surface area contributed by atoms with Crippen LogP contribution in [0.3, 0.4) is 0 Å². The van der Waals surface area contributed by atoms with Gasteiger partial charge in [0.1, 0.15) is 5.82 Å². The number of carbonyl (C=O) groups excluding carboxylic acids is 1. The van der Waals surface area contributed by atoms with E-state index in [0.29, 0.717) is 5.82 Å². The molecule has 1 amide bonds. The zero-order valence-electron chi connectivity index (χ0n) is 16.8. The molecule has 0 radical (unpaired) electrons. The summed E-state index contributed by atoms with van der Waals surface area (Å²) in [6.45, 7) is 6.21. The van der Waals surface area contributed by atoms with E-state index in [0.717, 1.165) is 36.7 Å². The van der Waals surface area contributed by atoms with E-state index in [2.05, 4.69) is 72.5 Å². The van der Waals surface area contributed by atoms with Crippen LogP contribution >= 0.6 is 0 Å². The summed E-state index contributed by atoms with van der Waals surface area (Å²) in [5.41, 5.74) is 4.96. The number of amides is 1. The molecule has 0 atom stereocenters. The summed E-state index contributed by atoms with van der Waals surface area (Å²) in [7, 11) is 2.10. The topological polar surface area (TPSA) is 45.2 Å². The van der Waals surface area contributed by atoms with E-state index in [4.69, 9.17) is 0 Å². The van der Waals surface area contributed by atoms with E-state index in [-0.39, 0.29) is 11.8 Å². The summed E-state index contributed by atoms with van der Waals surface area (Å²) >= 11 is 0. The van der Waals surface area contributed by atoms with Crippen molar-refractivity contribution >= 4 is 22.5 Å². The Balaban J connectivity index is 1.55. The van der Waals surface area contributed by atoms with Crippen molar-refractivity contribution in [2.45, 2.75) is 26.7 Å². The van der Waals surface area contributed by atoms with Gasteiger partial charge < -0.3 is 10.2 Å². The number of nitrogens with one attached hydrogen (secondary N) is 1. The first-order valence-corrected chi connectivity index (χ1v) is 9.96. The minimum atomic E-state index is 0.0837. The van der Waals surface area contributed by atoms with Gasteiger partial charge in [-0.3, -0.25) is 4.79 Å². The lowest BCUT2D eigenvalue weighted by Gasteiger charge is -2.27. The van der Waals surface area contributed by atoms with Crippen LogP contribution in [0, 0.1) is 19.8 Å². The zero-order chi connectivity index (χ0) is 19.7. The van der Waals surface area contributed by atoms with Gasteiger partial charge in [-0.15, -0.1) is 0 Å². The maximum absolute atomic E-state index is 12.5. The molecule has 0 unspecified atom stereocenters. The number of fused-ring (bicyclic) bond motifs is 1. The summed E-state index contributed by atoms with van der Waals surface area (Å²) in [6, 6.07) is 14.9. The Morgan fingerprint density at radius 3 is 2.61 bits per heavy atom. The van der Waals surface area contributed by atoms with Gasteiger partial charge in [-0.25, -0.2) is 4.98 Å². The van der Waals surface area contributed by atoms with Crippen molar-refractivity contribution in [3.8, 4) is 11.1 Å². The van der Waals surface area contributed by atoms with Gasteiger partial charge in [-0.2, -0.15) is 0 Å². The van der Waals surface area contributed by atoms with E-state index >= 15 is 0 Å². The Morgan fingerprint density at radius 1 is 1.04 bits per heavy atom. The van der Waals surface area contributed by atoms with Gasteiger partial charge in [0.25, 0.3) is 0 Å². The number of nitrogens with zero attached hydrogens (tertiary/aromatic N) is 2. The molecule has 1 aromatic heterocycles. The van der Waals surface area contributed by atoms with Crippen LogP contribution in [0.2, 0.25) is 0 Å². The van der Waals surface area contributed by atoms with Crippen molar-refractivity contribution in [1.82, 2.24) is 9.88 Å². The van der Waals surface area contributed by atoms with Crippen molar-refractivity contribution in [2.75, 3.05) is 25.5 Å². The van der Waals surface area contributed by atoms with Crippen molar-refractivity contribution in [3.63, 3.8) is 0 Å². The monoisotopic (exact) mass is 373 g/mol. The van der Waals surface area contributed by atoms with Gasteiger partial charge in [0.15, 0.2) is 0 Å². The van der Waals surface area contributed by atoms with Crippen LogP contribution in [-0.4, -0.2) is 35.9 Å². The molecule has 0 aliphatic carbocycles. The quantitative estimate of drug-likeness (QED) is 0.717. The second-order valence-corrected chi connectivity index (χ2v) is 8.02. The number of anilines is 1. The predicted octanol–water partition coefficient (Wildman–Crippen LogP) is 4.80. The van der Waals surface area contributed by atoms with Gasteiger partial charge in [0, 0.05) is 17.5 Å². The standard InChI is InChI=1S/C24H27N3O/c1-16-4-5-17(2)22(12-16)20-7-6-19-14-23(25-15-21(19)13-20)26-24(28)18-8-10-27(3)11-9-18/h4-7,12-15,18H,8-11H2,1-3H3,(H,25,26,28). The summed E-state index contributed by atoms with van der Waals surface area (Å²) in [6.07, 6.45) is 3.68. The number of pyridine rings is 1. The fourth-order valence-corrected chi connectivity index (χ4v) is 3.92. The molecule has 1 N–H and O–H groups in total. The number of piperidine rings is 1. The second kappa shape index (κ2) is 7.72. The number of aryl methyl sites for hydroxylation is 2. The lowest BCUT2D eigenvalue weighted by Crippen LogP contribution is -2.36. The lowest BCUT2D eigenvalue weighted by atomic mass is 9.96. The van der Waals surface area contributed by atoms with E-state index in [9.17, 15) is 4.79 Å². The highest BCUT2D eigenvalue weighted by atomic mass is 16.1. The molecule has 1 aliphatic heterocycles. The Hall–Kier alpha value is -2.72. The molecule has 3 aromatic rings. The third-order valence-electron chi connectivity index (χ3n) is 5.77. The molecular formula is C24H27N3O. The maximum atomic E-state index is 12.5. The van der Waals surface area contributed by atoms with Crippen LogP contribution in [0.5, 0.6) is 0 Å². The number of likely N-dealkylation sites (tertiary alicyclic amines) is 1.